The molecule has 0 saturated carbocycles. The number of rotatable bonds is 4. The Balaban J connectivity index is 2.07. The molecule has 0 radical (unpaired) electrons. The highest BCUT2D eigenvalue weighted by Crippen LogP contribution is 2.27. The molecule has 0 aliphatic carbocycles. The van der Waals surface area contributed by atoms with Crippen molar-refractivity contribution in [2.75, 3.05) is 6.61 Å². The molecule has 2 N–H and O–H groups in total. The molecule has 0 aliphatic rings. The van der Waals surface area contributed by atoms with Gasteiger partial charge in [-0.15, -0.1) is 0 Å². The van der Waals surface area contributed by atoms with Crippen molar-refractivity contribution in [3.8, 4) is 0 Å². The van der Waals surface area contributed by atoms with E-state index in [2.05, 4.69) is 30.8 Å². The minimum absolute atomic E-state index is 0.0279. The fourth-order valence-electron chi connectivity index (χ4n) is 2.66. The van der Waals surface area contributed by atoms with Gasteiger partial charge in [0.05, 0.1) is 6.61 Å². The molecule has 3 heteroatoms. The number of pyridine rings is 1. The molecule has 22 heavy (non-hydrogen) atoms. The molecule has 2 aromatic carbocycles. The summed E-state index contributed by atoms with van der Waals surface area (Å²) in [6, 6.07) is 18.1. The Morgan fingerprint density at radius 2 is 1.86 bits per heavy atom. The summed E-state index contributed by atoms with van der Waals surface area (Å²) in [6.07, 6.45) is 1.82. The zero-order valence-electron chi connectivity index (χ0n) is 12.3. The average molecular weight is 290 g/mol. The van der Waals surface area contributed by atoms with Gasteiger partial charge in [0.2, 0.25) is 0 Å². The Morgan fingerprint density at radius 1 is 1.09 bits per heavy atom. The number of nitrogens with zero attached hydrogens (tertiary/aromatic N) is 1. The molecule has 3 rings (SSSR count). The molecule has 0 amide bonds. The highest BCUT2D eigenvalue weighted by molar-refractivity contribution is 5.96. The van der Waals surface area contributed by atoms with Crippen LogP contribution in [0.5, 0.6) is 0 Å². The normalized spacial score (nSPS) is 10.8. The summed E-state index contributed by atoms with van der Waals surface area (Å²) in [7, 11) is 0. The number of aliphatic hydroxyl groups is 1. The quantitative estimate of drug-likeness (QED) is 0.762. The molecule has 0 unspecified atom stereocenters. The van der Waals surface area contributed by atoms with E-state index in [0.717, 1.165) is 22.1 Å². The molecule has 0 aliphatic heterocycles. The van der Waals surface area contributed by atoms with Crippen LogP contribution in [0.1, 0.15) is 11.1 Å². The van der Waals surface area contributed by atoms with Gasteiger partial charge >= 0.3 is 0 Å². The molecule has 0 fully saturated rings. The minimum Gasteiger partial charge on any atom is -0.395 e. The van der Waals surface area contributed by atoms with Crippen molar-refractivity contribution in [2.45, 2.75) is 6.54 Å². The monoisotopic (exact) mass is 290 g/mol. The van der Waals surface area contributed by atoms with E-state index in [-0.39, 0.29) is 6.61 Å². The predicted molar refractivity (Wildman–Crippen MR) is 89.5 cm³/mol. The summed E-state index contributed by atoms with van der Waals surface area (Å²) in [6.45, 7) is 4.68. The maximum Gasteiger partial charge on any atom is 0.125 e. The SMILES string of the molecule is C=C(c1ccn(CCO)c(=N)c1)c1cccc2ccccc12. The second-order valence-corrected chi connectivity index (χ2v) is 5.22. The van der Waals surface area contributed by atoms with Gasteiger partial charge < -0.3 is 9.67 Å². The third kappa shape index (κ3) is 2.59. The van der Waals surface area contributed by atoms with Crippen LogP contribution < -0.4 is 5.49 Å². The van der Waals surface area contributed by atoms with Crippen molar-refractivity contribution in [3.05, 3.63) is 84.0 Å². The van der Waals surface area contributed by atoms with Gasteiger partial charge in [-0.1, -0.05) is 49.0 Å². The van der Waals surface area contributed by atoms with E-state index in [1.807, 2.05) is 30.5 Å². The number of aromatic nitrogens is 1. The Bertz CT molecular complexity index is 888. The molecule has 1 heterocycles. The van der Waals surface area contributed by atoms with E-state index in [1.54, 1.807) is 10.6 Å². The highest BCUT2D eigenvalue weighted by Gasteiger charge is 2.07. The van der Waals surface area contributed by atoms with Crippen molar-refractivity contribution in [3.63, 3.8) is 0 Å². The van der Waals surface area contributed by atoms with Gasteiger partial charge in [-0.3, -0.25) is 5.41 Å². The van der Waals surface area contributed by atoms with Crippen LogP contribution in [0.2, 0.25) is 0 Å². The maximum atomic E-state index is 9.00. The van der Waals surface area contributed by atoms with Crippen LogP contribution >= 0.6 is 0 Å². The third-order valence-corrected chi connectivity index (χ3v) is 3.84. The van der Waals surface area contributed by atoms with Crippen molar-refractivity contribution in [2.24, 2.45) is 0 Å². The summed E-state index contributed by atoms with van der Waals surface area (Å²) in [4.78, 5) is 0. The van der Waals surface area contributed by atoms with Gasteiger partial charge in [-0.05, 0) is 39.6 Å². The summed E-state index contributed by atoms with van der Waals surface area (Å²) in [5.74, 6) is 0. The first-order chi connectivity index (χ1) is 10.7. The van der Waals surface area contributed by atoms with Crippen LogP contribution in [0.3, 0.4) is 0 Å². The fraction of sp³-hybridized carbons (Fsp3) is 0.105. The zero-order chi connectivity index (χ0) is 15.5. The Kier molecular flexibility index (Phi) is 3.90. The molecule has 0 bridgehead atoms. The molecule has 0 spiro atoms. The van der Waals surface area contributed by atoms with Gasteiger partial charge in [-0.2, -0.15) is 0 Å². The number of nitrogens with one attached hydrogen (secondary N) is 1. The zero-order valence-corrected chi connectivity index (χ0v) is 12.3. The van der Waals surface area contributed by atoms with Gasteiger partial charge in [0.15, 0.2) is 0 Å². The van der Waals surface area contributed by atoms with Gasteiger partial charge in [0, 0.05) is 12.7 Å². The van der Waals surface area contributed by atoms with Crippen LogP contribution in [-0.2, 0) is 6.54 Å². The van der Waals surface area contributed by atoms with Crippen LogP contribution in [0.4, 0.5) is 0 Å². The Hall–Kier alpha value is -2.65. The van der Waals surface area contributed by atoms with E-state index >= 15 is 0 Å². The molecule has 0 atom stereocenters. The molecule has 3 nitrogen and oxygen atoms in total. The second-order valence-electron chi connectivity index (χ2n) is 5.22. The van der Waals surface area contributed by atoms with Gasteiger partial charge in [0.25, 0.3) is 0 Å². The van der Waals surface area contributed by atoms with Crippen molar-refractivity contribution in [1.29, 1.82) is 5.41 Å². The lowest BCUT2D eigenvalue weighted by molar-refractivity contribution is 0.273. The number of fused-ring (bicyclic) bond motifs is 1. The average Bonchev–Trinajstić information content (AvgIpc) is 2.55. The van der Waals surface area contributed by atoms with E-state index in [0.29, 0.717) is 12.0 Å². The van der Waals surface area contributed by atoms with Crippen molar-refractivity contribution < 1.29 is 5.11 Å². The number of aliphatic hydroxyl groups excluding tert-OH is 1. The number of benzene rings is 2. The van der Waals surface area contributed by atoms with Crippen LogP contribution in [0.15, 0.2) is 67.4 Å². The third-order valence-electron chi connectivity index (χ3n) is 3.84. The first-order valence-electron chi connectivity index (χ1n) is 7.24. The lowest BCUT2D eigenvalue weighted by atomic mass is 9.95. The van der Waals surface area contributed by atoms with E-state index in [1.165, 1.54) is 5.39 Å². The molecular formula is C19H18N2O. The Morgan fingerprint density at radius 3 is 2.64 bits per heavy atom. The fourth-order valence-corrected chi connectivity index (χ4v) is 2.66. The topological polar surface area (TPSA) is 49.0 Å². The lowest BCUT2D eigenvalue weighted by Gasteiger charge is -2.12. The first-order valence-corrected chi connectivity index (χ1v) is 7.24. The van der Waals surface area contributed by atoms with Crippen molar-refractivity contribution >= 4 is 16.3 Å². The van der Waals surface area contributed by atoms with E-state index in [9.17, 15) is 0 Å². The molecule has 110 valence electrons. The molecule has 0 saturated heterocycles. The summed E-state index contributed by atoms with van der Waals surface area (Å²) >= 11 is 0. The highest BCUT2D eigenvalue weighted by atomic mass is 16.3. The predicted octanol–water partition coefficient (Wildman–Crippen LogP) is 3.17. The lowest BCUT2D eigenvalue weighted by Crippen LogP contribution is -2.20. The largest absolute Gasteiger partial charge is 0.395 e. The standard InChI is InChI=1S/C19H18N2O/c1-14(16-9-10-21(11-12-22)19(20)13-16)17-8-4-6-15-5-2-3-7-18(15)17/h2-10,13,20,22H,1,11-12H2. The van der Waals surface area contributed by atoms with Gasteiger partial charge in [-0.25, -0.2) is 0 Å². The minimum atomic E-state index is 0.0279. The number of hydrogen-bond acceptors (Lipinski definition) is 2. The first kappa shape index (κ1) is 14.3. The summed E-state index contributed by atoms with van der Waals surface area (Å²) in [5, 5.41) is 19.4. The number of hydrogen-bond donors (Lipinski definition) is 2. The maximum absolute atomic E-state index is 9.00. The Labute approximate surface area is 129 Å². The second kappa shape index (κ2) is 6.00. The molecular weight excluding hydrogens is 272 g/mol. The van der Waals surface area contributed by atoms with Crippen LogP contribution in [0.25, 0.3) is 16.3 Å². The van der Waals surface area contributed by atoms with E-state index in [4.69, 9.17) is 10.5 Å². The molecule has 3 aromatic rings. The van der Waals surface area contributed by atoms with Crippen molar-refractivity contribution in [1.82, 2.24) is 4.57 Å². The summed E-state index contributed by atoms with van der Waals surface area (Å²) in [5.41, 5.74) is 3.28. The molecule has 1 aromatic heterocycles. The van der Waals surface area contributed by atoms with Crippen LogP contribution in [-0.4, -0.2) is 16.3 Å². The van der Waals surface area contributed by atoms with E-state index < -0.39 is 0 Å². The van der Waals surface area contributed by atoms with Crippen LogP contribution in [0, 0.1) is 5.41 Å². The summed E-state index contributed by atoms with van der Waals surface area (Å²) < 4.78 is 1.71. The smallest absolute Gasteiger partial charge is 0.125 e. The van der Waals surface area contributed by atoms with Gasteiger partial charge in [0.1, 0.15) is 5.49 Å².